The molecule has 2 fully saturated rings. The minimum Gasteiger partial charge on any atom is -0.334 e. The van der Waals surface area contributed by atoms with Crippen molar-refractivity contribution >= 4 is 17.5 Å². The van der Waals surface area contributed by atoms with Crippen molar-refractivity contribution in [3.05, 3.63) is 89.5 Å². The molecule has 0 bridgehead atoms. The number of piperazine rings is 1. The standard InChI is InChI=1S/C29H31N3O2/c1-20-8-6-12-24(21(20)2)19-31(25-14-15-25)29(34)27-17-30-18-28(33)32(27)26-13-7-11-23(16-26)22-9-4-3-5-10-22/h3-13,16,25,27,30H,14-15,17-19H2,1-2H3. The molecule has 3 aromatic rings. The minimum atomic E-state index is -0.557. The molecule has 1 saturated heterocycles. The van der Waals surface area contributed by atoms with Gasteiger partial charge in [-0.1, -0.05) is 60.7 Å². The van der Waals surface area contributed by atoms with Crippen molar-refractivity contribution < 1.29 is 9.59 Å². The van der Waals surface area contributed by atoms with Crippen LogP contribution in [0.3, 0.4) is 0 Å². The quantitative estimate of drug-likeness (QED) is 0.599. The number of carbonyl (C=O) groups excluding carboxylic acids is 2. The van der Waals surface area contributed by atoms with Crippen LogP contribution in [0, 0.1) is 13.8 Å². The molecular formula is C29H31N3O2. The summed E-state index contributed by atoms with van der Waals surface area (Å²) in [5, 5.41) is 3.17. The van der Waals surface area contributed by atoms with E-state index in [1.54, 1.807) is 4.90 Å². The van der Waals surface area contributed by atoms with Gasteiger partial charge >= 0.3 is 0 Å². The fourth-order valence-corrected chi connectivity index (χ4v) is 4.78. The Bertz CT molecular complexity index is 1200. The van der Waals surface area contributed by atoms with E-state index in [9.17, 15) is 9.59 Å². The Balaban J connectivity index is 1.46. The van der Waals surface area contributed by atoms with Crippen molar-refractivity contribution in [2.75, 3.05) is 18.0 Å². The van der Waals surface area contributed by atoms with Gasteiger partial charge in [0.05, 0.1) is 6.54 Å². The Kier molecular flexibility index (Phi) is 6.20. The number of nitrogens with zero attached hydrogens (tertiary/aromatic N) is 2. The van der Waals surface area contributed by atoms with Gasteiger partial charge in [0.15, 0.2) is 0 Å². The summed E-state index contributed by atoms with van der Waals surface area (Å²) in [6.07, 6.45) is 2.04. The summed E-state index contributed by atoms with van der Waals surface area (Å²) in [5.74, 6) is -0.0497. The lowest BCUT2D eigenvalue weighted by atomic mass is 10.0. The molecule has 5 rings (SSSR count). The molecule has 1 aliphatic heterocycles. The van der Waals surface area contributed by atoms with E-state index in [1.807, 2.05) is 47.4 Å². The molecule has 0 radical (unpaired) electrons. The lowest BCUT2D eigenvalue weighted by molar-refractivity contribution is -0.136. The predicted molar refractivity (Wildman–Crippen MR) is 136 cm³/mol. The highest BCUT2D eigenvalue weighted by atomic mass is 16.2. The molecule has 1 atom stereocenters. The van der Waals surface area contributed by atoms with Gasteiger partial charge in [-0.3, -0.25) is 14.5 Å². The zero-order chi connectivity index (χ0) is 23.7. The smallest absolute Gasteiger partial charge is 0.247 e. The molecule has 1 N–H and O–H groups in total. The minimum absolute atomic E-state index is 0.0223. The largest absolute Gasteiger partial charge is 0.334 e. The van der Waals surface area contributed by atoms with Gasteiger partial charge in [-0.15, -0.1) is 0 Å². The number of aryl methyl sites for hydroxylation is 1. The molecule has 0 aromatic heterocycles. The van der Waals surface area contributed by atoms with Crippen LogP contribution in [0.5, 0.6) is 0 Å². The normalized spacial score (nSPS) is 18.1. The second-order valence-corrected chi connectivity index (χ2v) is 9.38. The fourth-order valence-electron chi connectivity index (χ4n) is 4.78. The van der Waals surface area contributed by atoms with Crippen LogP contribution >= 0.6 is 0 Å². The van der Waals surface area contributed by atoms with Crippen molar-refractivity contribution in [2.45, 2.75) is 45.3 Å². The lowest BCUT2D eigenvalue weighted by Crippen LogP contribution is -2.61. The molecule has 2 aliphatic rings. The van der Waals surface area contributed by atoms with Crippen LogP contribution in [0.2, 0.25) is 0 Å². The van der Waals surface area contributed by atoms with Gasteiger partial charge in [0.25, 0.3) is 0 Å². The average molecular weight is 454 g/mol. The monoisotopic (exact) mass is 453 g/mol. The van der Waals surface area contributed by atoms with Gasteiger partial charge in [0.2, 0.25) is 11.8 Å². The number of carbonyl (C=O) groups is 2. The Labute approximate surface area is 201 Å². The molecule has 1 unspecified atom stereocenters. The van der Waals surface area contributed by atoms with Crippen LogP contribution < -0.4 is 10.2 Å². The summed E-state index contributed by atoms with van der Waals surface area (Å²) in [4.78, 5) is 30.8. The first kappa shape index (κ1) is 22.4. The summed E-state index contributed by atoms with van der Waals surface area (Å²) in [6, 6.07) is 24.0. The molecular weight excluding hydrogens is 422 g/mol. The number of nitrogens with one attached hydrogen (secondary N) is 1. The Morgan fingerprint density at radius 3 is 2.47 bits per heavy atom. The molecule has 1 heterocycles. The second-order valence-electron chi connectivity index (χ2n) is 9.38. The van der Waals surface area contributed by atoms with E-state index in [1.165, 1.54) is 16.7 Å². The third-order valence-electron chi connectivity index (χ3n) is 7.04. The Morgan fingerprint density at radius 1 is 0.971 bits per heavy atom. The third-order valence-corrected chi connectivity index (χ3v) is 7.04. The van der Waals surface area contributed by atoms with Crippen LogP contribution in [-0.2, 0) is 16.1 Å². The maximum atomic E-state index is 14.0. The van der Waals surface area contributed by atoms with Crippen molar-refractivity contribution in [3.8, 4) is 11.1 Å². The van der Waals surface area contributed by atoms with E-state index >= 15 is 0 Å². The second kappa shape index (κ2) is 9.43. The fraction of sp³-hybridized carbons (Fsp3) is 0.310. The van der Waals surface area contributed by atoms with Gasteiger partial charge in [-0.05, 0) is 66.6 Å². The van der Waals surface area contributed by atoms with Crippen LogP contribution in [0.15, 0.2) is 72.8 Å². The predicted octanol–water partition coefficient (Wildman–Crippen LogP) is 4.47. The molecule has 2 amide bonds. The van der Waals surface area contributed by atoms with E-state index < -0.39 is 6.04 Å². The molecule has 0 spiro atoms. The summed E-state index contributed by atoms with van der Waals surface area (Å²) < 4.78 is 0. The average Bonchev–Trinajstić information content (AvgIpc) is 3.70. The van der Waals surface area contributed by atoms with E-state index in [0.29, 0.717) is 13.1 Å². The van der Waals surface area contributed by atoms with E-state index in [0.717, 1.165) is 29.7 Å². The molecule has 1 aliphatic carbocycles. The van der Waals surface area contributed by atoms with E-state index in [2.05, 4.69) is 49.5 Å². The lowest BCUT2D eigenvalue weighted by Gasteiger charge is -2.38. The van der Waals surface area contributed by atoms with Crippen LogP contribution in [0.4, 0.5) is 5.69 Å². The highest BCUT2D eigenvalue weighted by Gasteiger charge is 2.41. The van der Waals surface area contributed by atoms with Gasteiger partial charge < -0.3 is 10.2 Å². The summed E-state index contributed by atoms with van der Waals surface area (Å²) in [5.41, 5.74) is 6.52. The molecule has 5 heteroatoms. The number of benzene rings is 3. The number of anilines is 1. The molecule has 3 aromatic carbocycles. The number of hydrogen-bond donors (Lipinski definition) is 1. The highest BCUT2D eigenvalue weighted by Crippen LogP contribution is 2.32. The van der Waals surface area contributed by atoms with Gasteiger partial charge in [-0.25, -0.2) is 0 Å². The van der Waals surface area contributed by atoms with Crippen LogP contribution in [-0.4, -0.2) is 41.9 Å². The number of hydrogen-bond acceptors (Lipinski definition) is 3. The highest BCUT2D eigenvalue weighted by molar-refractivity contribution is 6.03. The summed E-state index contributed by atoms with van der Waals surface area (Å²) in [6.45, 7) is 5.50. The first-order valence-electron chi connectivity index (χ1n) is 12.1. The molecule has 1 saturated carbocycles. The first-order chi connectivity index (χ1) is 16.5. The van der Waals surface area contributed by atoms with Crippen molar-refractivity contribution in [2.24, 2.45) is 0 Å². The summed E-state index contributed by atoms with van der Waals surface area (Å²) >= 11 is 0. The molecule has 5 nitrogen and oxygen atoms in total. The van der Waals surface area contributed by atoms with E-state index in [-0.39, 0.29) is 24.4 Å². The summed E-state index contributed by atoms with van der Waals surface area (Å²) in [7, 11) is 0. The maximum absolute atomic E-state index is 14.0. The zero-order valence-corrected chi connectivity index (χ0v) is 19.8. The third kappa shape index (κ3) is 4.48. The number of rotatable bonds is 6. The maximum Gasteiger partial charge on any atom is 0.247 e. The van der Waals surface area contributed by atoms with Crippen molar-refractivity contribution in [3.63, 3.8) is 0 Å². The molecule has 34 heavy (non-hydrogen) atoms. The van der Waals surface area contributed by atoms with Crippen molar-refractivity contribution in [1.82, 2.24) is 10.2 Å². The SMILES string of the molecule is Cc1cccc(CN(C(=O)C2CNCC(=O)N2c2cccc(-c3ccccc3)c2)C2CC2)c1C. The van der Waals surface area contributed by atoms with Gasteiger partial charge in [0, 0.05) is 24.8 Å². The van der Waals surface area contributed by atoms with Crippen LogP contribution in [0.25, 0.3) is 11.1 Å². The van der Waals surface area contributed by atoms with E-state index in [4.69, 9.17) is 0 Å². The van der Waals surface area contributed by atoms with Gasteiger partial charge in [0.1, 0.15) is 6.04 Å². The van der Waals surface area contributed by atoms with Crippen molar-refractivity contribution in [1.29, 1.82) is 0 Å². The molecule has 174 valence electrons. The first-order valence-corrected chi connectivity index (χ1v) is 12.1. The van der Waals surface area contributed by atoms with Crippen LogP contribution in [0.1, 0.15) is 29.5 Å². The Morgan fingerprint density at radius 2 is 1.71 bits per heavy atom. The number of amides is 2. The van der Waals surface area contributed by atoms with Gasteiger partial charge in [-0.2, -0.15) is 0 Å². The topological polar surface area (TPSA) is 52.7 Å². The zero-order valence-electron chi connectivity index (χ0n) is 19.8. The Hall–Kier alpha value is -3.44.